The molecule has 8 heteroatoms. The lowest BCUT2D eigenvalue weighted by Gasteiger charge is -2.22. The molecule has 18 heavy (non-hydrogen) atoms. The lowest BCUT2D eigenvalue weighted by Crippen LogP contribution is -2.35. The summed E-state index contributed by atoms with van der Waals surface area (Å²) in [6, 6.07) is -0.0111. The van der Waals surface area contributed by atoms with Crippen molar-refractivity contribution in [3.63, 3.8) is 0 Å². The first kappa shape index (κ1) is 14.2. The largest absolute Gasteiger partial charge is 0.396 e. The molecule has 2 rings (SSSR count). The molecular weight excluding hydrogens is 296 g/mol. The molecule has 1 unspecified atom stereocenters. The van der Waals surface area contributed by atoms with Gasteiger partial charge in [-0.05, 0) is 25.7 Å². The number of sulfonamides is 1. The highest BCUT2D eigenvalue weighted by atomic mass is 35.5. The summed E-state index contributed by atoms with van der Waals surface area (Å²) < 4.78 is 26.7. The van der Waals surface area contributed by atoms with Gasteiger partial charge in [0.25, 0.3) is 10.0 Å². The summed E-state index contributed by atoms with van der Waals surface area (Å²) in [6.07, 6.45) is 4.35. The molecule has 0 aliphatic carbocycles. The van der Waals surface area contributed by atoms with E-state index in [9.17, 15) is 8.42 Å². The molecule has 0 aromatic carbocycles. The van der Waals surface area contributed by atoms with E-state index >= 15 is 0 Å². The zero-order valence-electron chi connectivity index (χ0n) is 9.75. The topological polar surface area (TPSA) is 70.5 Å². The number of hydrogen-bond acceptors (Lipinski definition) is 5. The Morgan fingerprint density at radius 2 is 2.39 bits per heavy atom. The van der Waals surface area contributed by atoms with Crippen LogP contribution in [0.4, 0.5) is 0 Å². The van der Waals surface area contributed by atoms with Gasteiger partial charge in [0.15, 0.2) is 8.68 Å². The quantitative estimate of drug-likeness (QED) is 0.899. The summed E-state index contributed by atoms with van der Waals surface area (Å²) >= 11 is 6.67. The smallest absolute Gasteiger partial charge is 0.254 e. The summed E-state index contributed by atoms with van der Waals surface area (Å²) in [6.45, 7) is 0.630. The average molecular weight is 311 g/mol. The molecular formula is C10H15ClN2O3S2. The maximum Gasteiger partial charge on any atom is 0.254 e. The third-order valence-corrected chi connectivity index (χ3v) is 6.54. The summed E-state index contributed by atoms with van der Waals surface area (Å²) in [7, 11) is -3.47. The molecule has 0 saturated carbocycles. The Hall–Kier alpha value is -0.210. The minimum absolute atomic E-state index is 0.0111. The number of thiazole rings is 1. The molecule has 0 bridgehead atoms. The first-order chi connectivity index (χ1) is 8.55. The highest BCUT2D eigenvalue weighted by Crippen LogP contribution is 2.31. The van der Waals surface area contributed by atoms with E-state index in [1.165, 1.54) is 10.5 Å². The van der Waals surface area contributed by atoms with E-state index in [2.05, 4.69) is 4.98 Å². The van der Waals surface area contributed by atoms with E-state index in [-0.39, 0.29) is 21.3 Å². The number of aliphatic hydroxyl groups is 1. The zero-order chi connectivity index (χ0) is 13.2. The van der Waals surface area contributed by atoms with Crippen LogP contribution in [0.3, 0.4) is 0 Å². The van der Waals surface area contributed by atoms with Crippen LogP contribution in [-0.4, -0.2) is 42.0 Å². The predicted molar refractivity (Wildman–Crippen MR) is 70.4 cm³/mol. The van der Waals surface area contributed by atoms with Crippen molar-refractivity contribution in [1.82, 2.24) is 9.29 Å². The van der Waals surface area contributed by atoms with E-state index in [1.54, 1.807) is 0 Å². The van der Waals surface area contributed by atoms with E-state index in [4.69, 9.17) is 16.7 Å². The van der Waals surface area contributed by atoms with Crippen LogP contribution < -0.4 is 0 Å². The van der Waals surface area contributed by atoms with Gasteiger partial charge in [-0.15, -0.1) is 0 Å². The van der Waals surface area contributed by atoms with E-state index in [1.807, 2.05) is 0 Å². The van der Waals surface area contributed by atoms with Gasteiger partial charge in [0.05, 0.1) is 6.20 Å². The van der Waals surface area contributed by atoms with Crippen LogP contribution in [-0.2, 0) is 10.0 Å². The monoisotopic (exact) mass is 310 g/mol. The van der Waals surface area contributed by atoms with E-state index < -0.39 is 10.0 Å². The van der Waals surface area contributed by atoms with Crippen molar-refractivity contribution in [2.24, 2.45) is 0 Å². The first-order valence-corrected chi connectivity index (χ1v) is 8.43. The molecule has 1 aromatic heterocycles. The molecule has 0 amide bonds. The number of aliphatic hydroxyl groups excluding tert-OH is 1. The maximum atomic E-state index is 12.4. The fraction of sp³-hybridized carbons (Fsp3) is 0.700. The SMILES string of the molecule is O=S(=O)(c1cnc(Cl)s1)N1CCCC1CCCO. The zero-order valence-corrected chi connectivity index (χ0v) is 12.1. The number of halogens is 1. The maximum absolute atomic E-state index is 12.4. The summed E-state index contributed by atoms with van der Waals surface area (Å²) in [4.78, 5) is 3.78. The van der Waals surface area contributed by atoms with Crippen LogP contribution in [0.25, 0.3) is 0 Å². The average Bonchev–Trinajstić information content (AvgIpc) is 2.95. The van der Waals surface area contributed by atoms with Gasteiger partial charge in [-0.1, -0.05) is 22.9 Å². The minimum Gasteiger partial charge on any atom is -0.396 e. The van der Waals surface area contributed by atoms with Crippen molar-refractivity contribution in [1.29, 1.82) is 0 Å². The standard InChI is InChI=1S/C10H15ClN2O3S2/c11-10-12-7-9(17-10)18(15,16)13-5-1-3-8(13)4-2-6-14/h7-8,14H,1-6H2. The fourth-order valence-corrected chi connectivity index (χ4v) is 5.36. The third kappa shape index (κ3) is 2.85. The predicted octanol–water partition coefficient (Wildman–Crippen LogP) is 1.72. The molecule has 1 aliphatic heterocycles. The van der Waals surface area contributed by atoms with Gasteiger partial charge in [-0.3, -0.25) is 0 Å². The van der Waals surface area contributed by atoms with Crippen molar-refractivity contribution < 1.29 is 13.5 Å². The Morgan fingerprint density at radius 3 is 3.00 bits per heavy atom. The van der Waals surface area contributed by atoms with Crippen molar-refractivity contribution in [3.05, 3.63) is 10.7 Å². The summed E-state index contributed by atoms with van der Waals surface area (Å²) in [5.74, 6) is 0. The van der Waals surface area contributed by atoms with Crippen molar-refractivity contribution in [2.75, 3.05) is 13.2 Å². The van der Waals surface area contributed by atoms with Crippen LogP contribution >= 0.6 is 22.9 Å². The van der Waals surface area contributed by atoms with Crippen LogP contribution in [0.1, 0.15) is 25.7 Å². The Labute approximate surface area is 115 Å². The van der Waals surface area contributed by atoms with Crippen LogP contribution in [0.5, 0.6) is 0 Å². The van der Waals surface area contributed by atoms with Crippen molar-refractivity contribution in [3.8, 4) is 0 Å². The van der Waals surface area contributed by atoms with Crippen molar-refractivity contribution >= 4 is 33.0 Å². The second-order valence-electron chi connectivity index (χ2n) is 4.21. The Kier molecular flexibility index (Phi) is 4.60. The Bertz CT molecular complexity index is 503. The van der Waals surface area contributed by atoms with Crippen LogP contribution in [0, 0.1) is 0 Å². The molecule has 5 nitrogen and oxygen atoms in total. The number of rotatable bonds is 5. The lowest BCUT2D eigenvalue weighted by molar-refractivity contribution is 0.264. The highest BCUT2D eigenvalue weighted by molar-refractivity contribution is 7.91. The van der Waals surface area contributed by atoms with Crippen LogP contribution in [0.2, 0.25) is 4.47 Å². The molecule has 1 atom stereocenters. The first-order valence-electron chi connectivity index (χ1n) is 5.79. The molecule has 2 heterocycles. The molecule has 0 spiro atoms. The molecule has 1 saturated heterocycles. The van der Waals surface area contributed by atoms with Gasteiger partial charge in [-0.2, -0.15) is 4.31 Å². The summed E-state index contributed by atoms with van der Waals surface area (Å²) in [5, 5.41) is 8.84. The Balaban J connectivity index is 2.18. The molecule has 1 fully saturated rings. The highest BCUT2D eigenvalue weighted by Gasteiger charge is 2.35. The van der Waals surface area contributed by atoms with E-state index in [0.717, 1.165) is 24.2 Å². The third-order valence-electron chi connectivity index (χ3n) is 3.04. The minimum atomic E-state index is -3.47. The Morgan fingerprint density at radius 1 is 1.61 bits per heavy atom. The number of nitrogens with zero attached hydrogens (tertiary/aromatic N) is 2. The summed E-state index contributed by atoms with van der Waals surface area (Å²) in [5.41, 5.74) is 0. The molecule has 1 aromatic rings. The molecule has 1 N–H and O–H groups in total. The normalized spacial score (nSPS) is 21.6. The van der Waals surface area contributed by atoms with Gasteiger partial charge < -0.3 is 5.11 Å². The van der Waals surface area contributed by atoms with Gasteiger partial charge in [0.2, 0.25) is 0 Å². The molecule has 102 valence electrons. The number of aromatic nitrogens is 1. The van der Waals surface area contributed by atoms with Crippen molar-refractivity contribution in [2.45, 2.75) is 35.9 Å². The second-order valence-corrected chi connectivity index (χ2v) is 7.94. The molecule has 0 radical (unpaired) electrons. The lowest BCUT2D eigenvalue weighted by atomic mass is 10.1. The van der Waals surface area contributed by atoms with Crippen LogP contribution in [0.15, 0.2) is 10.4 Å². The molecule has 1 aliphatic rings. The van der Waals surface area contributed by atoms with Gasteiger partial charge in [0.1, 0.15) is 0 Å². The van der Waals surface area contributed by atoms with E-state index in [0.29, 0.717) is 19.4 Å². The van der Waals surface area contributed by atoms with Gasteiger partial charge >= 0.3 is 0 Å². The fourth-order valence-electron chi connectivity index (χ4n) is 2.21. The number of hydrogen-bond donors (Lipinski definition) is 1. The second kappa shape index (κ2) is 5.83. The van der Waals surface area contributed by atoms with Gasteiger partial charge in [0, 0.05) is 19.2 Å². The van der Waals surface area contributed by atoms with Gasteiger partial charge in [-0.25, -0.2) is 13.4 Å².